The van der Waals surface area contributed by atoms with Gasteiger partial charge in [-0.3, -0.25) is 0 Å². The van der Waals surface area contributed by atoms with Gasteiger partial charge in [-0.25, -0.2) is 4.79 Å². The van der Waals surface area contributed by atoms with Crippen LogP contribution in [0.5, 0.6) is 0 Å². The maximum Gasteiger partial charge on any atom is 0.338 e. The van der Waals surface area contributed by atoms with Crippen LogP contribution in [0.4, 0.5) is 0 Å². The predicted molar refractivity (Wildman–Crippen MR) is 84.8 cm³/mol. The first-order chi connectivity index (χ1) is 10.8. The molecule has 2 aromatic carbocycles. The number of esters is 1. The molecule has 1 aliphatic carbocycles. The lowest BCUT2D eigenvalue weighted by Gasteiger charge is -2.25. The van der Waals surface area contributed by atoms with Crippen molar-refractivity contribution in [1.82, 2.24) is 0 Å². The number of methoxy groups -OCH3 is 1. The van der Waals surface area contributed by atoms with Gasteiger partial charge in [-0.15, -0.1) is 0 Å². The SMILES string of the molecule is COCc1ccccc1C(=O)OC1CCc2ccccc2C1. The number of rotatable bonds is 4. The van der Waals surface area contributed by atoms with E-state index < -0.39 is 0 Å². The molecule has 2 aromatic rings. The minimum absolute atomic E-state index is 0.0435. The molecule has 0 bridgehead atoms. The molecule has 3 nitrogen and oxygen atoms in total. The van der Waals surface area contributed by atoms with Crippen LogP contribution in [-0.4, -0.2) is 19.2 Å². The van der Waals surface area contributed by atoms with Crippen LogP contribution in [0.2, 0.25) is 0 Å². The van der Waals surface area contributed by atoms with Gasteiger partial charge < -0.3 is 9.47 Å². The number of carbonyl (C=O) groups is 1. The third kappa shape index (κ3) is 3.20. The molecule has 114 valence electrons. The van der Waals surface area contributed by atoms with Crippen molar-refractivity contribution in [3.8, 4) is 0 Å². The summed E-state index contributed by atoms with van der Waals surface area (Å²) in [6.45, 7) is 0.415. The molecule has 3 heteroatoms. The van der Waals surface area contributed by atoms with Crippen LogP contribution in [0.3, 0.4) is 0 Å². The number of ether oxygens (including phenoxy) is 2. The summed E-state index contributed by atoms with van der Waals surface area (Å²) in [7, 11) is 1.63. The molecule has 0 amide bonds. The fraction of sp³-hybridized carbons (Fsp3) is 0.316. The molecule has 0 saturated carbocycles. The standard InChI is InChI=1S/C19H20O3/c1-21-13-16-8-4-5-9-18(16)19(20)22-17-11-10-14-6-2-3-7-15(14)12-17/h2-9,17H,10-13H2,1H3. The quantitative estimate of drug-likeness (QED) is 0.809. The van der Waals surface area contributed by atoms with Crippen LogP contribution in [0, 0.1) is 0 Å². The maximum absolute atomic E-state index is 12.4. The molecule has 0 fully saturated rings. The Bertz CT molecular complexity index is 663. The highest BCUT2D eigenvalue weighted by Crippen LogP contribution is 2.24. The molecular weight excluding hydrogens is 276 g/mol. The number of fused-ring (bicyclic) bond motifs is 1. The Morgan fingerprint density at radius 1 is 1.09 bits per heavy atom. The van der Waals surface area contributed by atoms with Gasteiger partial charge in [0.2, 0.25) is 0 Å². The fourth-order valence-corrected chi connectivity index (χ4v) is 2.98. The normalized spacial score (nSPS) is 16.9. The molecule has 0 saturated heterocycles. The smallest absolute Gasteiger partial charge is 0.338 e. The van der Waals surface area contributed by atoms with E-state index in [1.807, 2.05) is 24.3 Å². The lowest BCUT2D eigenvalue weighted by Crippen LogP contribution is -2.26. The van der Waals surface area contributed by atoms with Gasteiger partial charge in [-0.2, -0.15) is 0 Å². The van der Waals surface area contributed by atoms with Crippen molar-refractivity contribution >= 4 is 5.97 Å². The third-order valence-corrected chi connectivity index (χ3v) is 4.11. The average Bonchev–Trinajstić information content (AvgIpc) is 2.55. The van der Waals surface area contributed by atoms with Crippen molar-refractivity contribution in [2.75, 3.05) is 7.11 Å². The third-order valence-electron chi connectivity index (χ3n) is 4.11. The number of hydrogen-bond acceptors (Lipinski definition) is 3. The van der Waals surface area contributed by atoms with Crippen molar-refractivity contribution in [2.45, 2.75) is 32.0 Å². The highest BCUT2D eigenvalue weighted by molar-refractivity contribution is 5.91. The van der Waals surface area contributed by atoms with Gasteiger partial charge in [-0.05, 0) is 35.6 Å². The summed E-state index contributed by atoms with van der Waals surface area (Å²) in [5.41, 5.74) is 4.13. The molecule has 1 aliphatic rings. The zero-order valence-corrected chi connectivity index (χ0v) is 12.7. The summed E-state index contributed by atoms with van der Waals surface area (Å²) in [4.78, 5) is 12.4. The number of hydrogen-bond donors (Lipinski definition) is 0. The number of benzene rings is 2. The zero-order valence-electron chi connectivity index (χ0n) is 12.7. The summed E-state index contributed by atoms with van der Waals surface area (Å²) >= 11 is 0. The van der Waals surface area contributed by atoms with E-state index in [1.54, 1.807) is 13.2 Å². The van der Waals surface area contributed by atoms with Crippen LogP contribution >= 0.6 is 0 Å². The summed E-state index contributed by atoms with van der Waals surface area (Å²) in [5.74, 6) is -0.253. The van der Waals surface area contributed by atoms with E-state index in [1.165, 1.54) is 11.1 Å². The average molecular weight is 296 g/mol. The van der Waals surface area contributed by atoms with E-state index in [0.29, 0.717) is 12.2 Å². The molecule has 1 atom stereocenters. The van der Waals surface area contributed by atoms with Gasteiger partial charge in [0.15, 0.2) is 0 Å². The minimum atomic E-state index is -0.253. The summed E-state index contributed by atoms with van der Waals surface area (Å²) in [5, 5.41) is 0. The van der Waals surface area contributed by atoms with E-state index in [9.17, 15) is 4.79 Å². The summed E-state index contributed by atoms with van der Waals surface area (Å²) in [6, 6.07) is 15.8. The van der Waals surface area contributed by atoms with Crippen LogP contribution in [0.1, 0.15) is 33.5 Å². The second kappa shape index (κ2) is 6.75. The molecule has 0 N–H and O–H groups in total. The van der Waals surface area contributed by atoms with Gasteiger partial charge in [0, 0.05) is 13.5 Å². The van der Waals surface area contributed by atoms with Crippen molar-refractivity contribution < 1.29 is 14.3 Å². The monoisotopic (exact) mass is 296 g/mol. The Hall–Kier alpha value is -2.13. The topological polar surface area (TPSA) is 35.5 Å². The van der Waals surface area contributed by atoms with E-state index in [0.717, 1.165) is 24.8 Å². The molecule has 0 radical (unpaired) electrons. The zero-order chi connectivity index (χ0) is 15.4. The summed E-state index contributed by atoms with van der Waals surface area (Å²) in [6.07, 6.45) is 2.61. The van der Waals surface area contributed by atoms with Crippen molar-refractivity contribution in [3.05, 3.63) is 70.8 Å². The predicted octanol–water partition coefficient (Wildman–Crippen LogP) is 3.55. The van der Waals surface area contributed by atoms with E-state index in [4.69, 9.17) is 9.47 Å². The molecule has 0 spiro atoms. The molecular formula is C19H20O3. The molecule has 1 unspecified atom stereocenters. The highest BCUT2D eigenvalue weighted by Gasteiger charge is 2.23. The second-order valence-electron chi connectivity index (χ2n) is 5.63. The molecule has 3 rings (SSSR count). The van der Waals surface area contributed by atoms with Crippen LogP contribution in [0.25, 0.3) is 0 Å². The van der Waals surface area contributed by atoms with E-state index >= 15 is 0 Å². The fourth-order valence-electron chi connectivity index (χ4n) is 2.98. The molecule has 0 heterocycles. The lowest BCUT2D eigenvalue weighted by molar-refractivity contribution is 0.0267. The number of carbonyl (C=O) groups excluding carboxylic acids is 1. The number of aryl methyl sites for hydroxylation is 1. The highest BCUT2D eigenvalue weighted by atomic mass is 16.5. The Labute approximate surface area is 130 Å². The minimum Gasteiger partial charge on any atom is -0.458 e. The molecule has 0 aromatic heterocycles. The largest absolute Gasteiger partial charge is 0.458 e. The van der Waals surface area contributed by atoms with Crippen LogP contribution in [0.15, 0.2) is 48.5 Å². The van der Waals surface area contributed by atoms with Crippen LogP contribution in [-0.2, 0) is 28.9 Å². The van der Waals surface area contributed by atoms with Gasteiger partial charge >= 0.3 is 5.97 Å². The first-order valence-corrected chi connectivity index (χ1v) is 7.62. The van der Waals surface area contributed by atoms with Gasteiger partial charge in [-0.1, -0.05) is 42.5 Å². The van der Waals surface area contributed by atoms with Crippen molar-refractivity contribution in [2.24, 2.45) is 0 Å². The van der Waals surface area contributed by atoms with E-state index in [2.05, 4.69) is 18.2 Å². The van der Waals surface area contributed by atoms with Crippen LogP contribution < -0.4 is 0 Å². The van der Waals surface area contributed by atoms with Crippen molar-refractivity contribution in [3.63, 3.8) is 0 Å². The summed E-state index contributed by atoms with van der Waals surface area (Å²) < 4.78 is 10.9. The maximum atomic E-state index is 12.4. The van der Waals surface area contributed by atoms with Gasteiger partial charge in [0.1, 0.15) is 6.10 Å². The van der Waals surface area contributed by atoms with Crippen molar-refractivity contribution in [1.29, 1.82) is 0 Å². The van der Waals surface area contributed by atoms with Gasteiger partial charge in [0.05, 0.1) is 12.2 Å². The Morgan fingerprint density at radius 3 is 2.64 bits per heavy atom. The first-order valence-electron chi connectivity index (χ1n) is 7.62. The lowest BCUT2D eigenvalue weighted by atomic mass is 9.90. The van der Waals surface area contributed by atoms with Gasteiger partial charge in [0.25, 0.3) is 0 Å². The molecule has 0 aliphatic heterocycles. The first kappa shape index (κ1) is 14.8. The Morgan fingerprint density at radius 2 is 1.82 bits per heavy atom. The second-order valence-corrected chi connectivity index (χ2v) is 5.63. The molecule has 22 heavy (non-hydrogen) atoms. The Kier molecular flexibility index (Phi) is 4.54. The van der Waals surface area contributed by atoms with E-state index in [-0.39, 0.29) is 12.1 Å². The Balaban J connectivity index is 1.71.